The van der Waals surface area contributed by atoms with E-state index in [1.165, 1.54) is 109 Å². The zero-order chi connectivity index (χ0) is 38.4. The average molecular weight is 761 g/mol. The third-order valence-corrected chi connectivity index (χ3v) is 9.81. The van der Waals surface area contributed by atoms with Gasteiger partial charge in [0.25, 0.3) is 0 Å². The van der Waals surface area contributed by atoms with E-state index in [2.05, 4.69) is 42.7 Å². The summed E-state index contributed by atoms with van der Waals surface area (Å²) in [7, 11) is -4.62. The molecule has 10 nitrogen and oxygen atoms in total. The fourth-order valence-electron chi connectivity index (χ4n) is 5.62. The van der Waals surface area contributed by atoms with E-state index in [0.29, 0.717) is 12.8 Å². The molecule has 306 valence electrons. The van der Waals surface area contributed by atoms with Gasteiger partial charge in [0.2, 0.25) is 0 Å². The Labute approximate surface area is 317 Å². The maximum Gasteiger partial charge on any atom is 0.472 e. The molecule has 0 rings (SSSR count). The summed E-state index contributed by atoms with van der Waals surface area (Å²) < 4.78 is 32.6. The molecular weight excluding hydrogens is 683 g/mol. The lowest BCUT2D eigenvalue weighted by Gasteiger charge is -2.20. The number of hydrogen-bond donors (Lipinski definition) is 3. The minimum absolute atomic E-state index is 0.179. The third kappa shape index (κ3) is 36.8. The van der Waals surface area contributed by atoms with Crippen molar-refractivity contribution >= 4 is 19.8 Å². The highest BCUT2D eigenvalue weighted by atomic mass is 31.2. The van der Waals surface area contributed by atoms with Gasteiger partial charge in [-0.15, -0.1) is 0 Å². The Kier molecular flexibility index (Phi) is 36.6. The second-order valence-corrected chi connectivity index (χ2v) is 15.5. The van der Waals surface area contributed by atoms with Crippen LogP contribution in [0.1, 0.15) is 187 Å². The average Bonchev–Trinajstić information content (AvgIpc) is 3.13. The van der Waals surface area contributed by atoms with Crippen LogP contribution in [0.3, 0.4) is 0 Å². The number of esters is 2. The molecule has 0 amide bonds. The van der Waals surface area contributed by atoms with Gasteiger partial charge < -0.3 is 24.6 Å². The fraction of sp³-hybridized carbons (Fsp3) is 0.854. The van der Waals surface area contributed by atoms with Crippen molar-refractivity contribution in [3.63, 3.8) is 0 Å². The van der Waals surface area contributed by atoms with Crippen LogP contribution in [0.5, 0.6) is 0 Å². The lowest BCUT2D eigenvalue weighted by molar-refractivity contribution is -0.161. The number of phosphoric ester groups is 1. The van der Waals surface area contributed by atoms with Crippen molar-refractivity contribution in [1.82, 2.24) is 0 Å². The number of ether oxygens (including phenoxy) is 2. The number of rotatable bonds is 39. The second kappa shape index (κ2) is 37.8. The van der Waals surface area contributed by atoms with Crippen molar-refractivity contribution in [3.05, 3.63) is 24.3 Å². The molecule has 0 radical (unpaired) electrons. The topological polar surface area (TPSA) is 149 Å². The molecule has 0 saturated carbocycles. The number of phosphoric acid groups is 1. The quantitative estimate of drug-likeness (QED) is 0.0239. The molecule has 0 aliphatic heterocycles. The van der Waals surface area contributed by atoms with Gasteiger partial charge in [0.1, 0.15) is 12.7 Å². The molecule has 0 aliphatic carbocycles. The molecule has 52 heavy (non-hydrogen) atoms. The predicted octanol–water partition coefficient (Wildman–Crippen LogP) is 10.6. The molecule has 0 spiro atoms. The first-order chi connectivity index (χ1) is 25.2. The minimum Gasteiger partial charge on any atom is -0.462 e. The van der Waals surface area contributed by atoms with Gasteiger partial charge in [0.15, 0.2) is 6.10 Å². The van der Waals surface area contributed by atoms with Crippen molar-refractivity contribution in [2.45, 2.75) is 199 Å². The molecule has 1 unspecified atom stereocenters. The van der Waals surface area contributed by atoms with Gasteiger partial charge in [0.05, 0.1) is 19.8 Å². The van der Waals surface area contributed by atoms with E-state index >= 15 is 0 Å². The highest BCUT2D eigenvalue weighted by Crippen LogP contribution is 2.43. The van der Waals surface area contributed by atoms with Gasteiger partial charge in [-0.05, 0) is 38.5 Å². The van der Waals surface area contributed by atoms with Crippen LogP contribution in [0.15, 0.2) is 24.3 Å². The third-order valence-electron chi connectivity index (χ3n) is 8.86. The normalized spacial score (nSPS) is 14.2. The largest absolute Gasteiger partial charge is 0.472 e. The fourth-order valence-corrected chi connectivity index (χ4v) is 6.41. The summed E-state index contributed by atoms with van der Waals surface area (Å²) in [4.78, 5) is 34.9. The Hall–Kier alpha value is -1.55. The Morgan fingerprint density at radius 2 is 1.02 bits per heavy atom. The maximum absolute atomic E-state index is 12.6. The Morgan fingerprint density at radius 1 is 0.577 bits per heavy atom. The highest BCUT2D eigenvalue weighted by Gasteiger charge is 2.27. The smallest absolute Gasteiger partial charge is 0.462 e. The number of allylic oxidation sites excluding steroid dienone is 4. The molecule has 3 N–H and O–H groups in total. The predicted molar refractivity (Wildman–Crippen MR) is 210 cm³/mol. The van der Waals surface area contributed by atoms with E-state index in [9.17, 15) is 24.2 Å². The van der Waals surface area contributed by atoms with Gasteiger partial charge >= 0.3 is 19.8 Å². The number of carbonyl (C=O) groups is 2. The lowest BCUT2D eigenvalue weighted by atomic mass is 10.0. The first-order valence-electron chi connectivity index (χ1n) is 20.8. The zero-order valence-corrected chi connectivity index (χ0v) is 33.9. The molecule has 3 atom stereocenters. The number of hydrogen-bond acceptors (Lipinski definition) is 9. The first kappa shape index (κ1) is 50.5. The van der Waals surface area contributed by atoms with E-state index in [0.717, 1.165) is 38.5 Å². The zero-order valence-electron chi connectivity index (χ0n) is 33.0. The summed E-state index contributed by atoms with van der Waals surface area (Å²) in [5.74, 6) is -0.973. The lowest BCUT2D eigenvalue weighted by Crippen LogP contribution is -2.29. The van der Waals surface area contributed by atoms with Crippen LogP contribution in [-0.2, 0) is 32.7 Å². The van der Waals surface area contributed by atoms with Crippen molar-refractivity contribution in [3.8, 4) is 0 Å². The number of unbranched alkanes of at least 4 members (excludes halogenated alkanes) is 21. The number of aliphatic hydroxyl groups excluding tert-OH is 2. The van der Waals surface area contributed by atoms with Crippen LogP contribution in [0.25, 0.3) is 0 Å². The van der Waals surface area contributed by atoms with Crippen molar-refractivity contribution in [1.29, 1.82) is 0 Å². The van der Waals surface area contributed by atoms with Gasteiger partial charge in [-0.1, -0.05) is 160 Å². The van der Waals surface area contributed by atoms with Crippen molar-refractivity contribution < 1.29 is 47.8 Å². The second-order valence-electron chi connectivity index (χ2n) is 14.0. The molecule has 0 aromatic carbocycles. The summed E-state index contributed by atoms with van der Waals surface area (Å²) >= 11 is 0. The monoisotopic (exact) mass is 761 g/mol. The molecular formula is C41H77O10P. The Balaban J connectivity index is 4.35. The summed E-state index contributed by atoms with van der Waals surface area (Å²) in [6.45, 7) is 2.33. The molecule has 0 aliphatic rings. The Bertz CT molecular complexity index is 925. The van der Waals surface area contributed by atoms with Crippen molar-refractivity contribution in [2.24, 2.45) is 0 Å². The van der Waals surface area contributed by atoms with E-state index in [4.69, 9.17) is 19.1 Å². The van der Waals surface area contributed by atoms with Crippen LogP contribution in [0, 0.1) is 0 Å². The number of aliphatic hydroxyl groups is 2. The Morgan fingerprint density at radius 3 is 1.54 bits per heavy atom. The van der Waals surface area contributed by atoms with E-state index in [1.807, 2.05) is 0 Å². The van der Waals surface area contributed by atoms with Crippen LogP contribution < -0.4 is 0 Å². The molecule has 11 heteroatoms. The van der Waals surface area contributed by atoms with Gasteiger partial charge in [-0.2, -0.15) is 0 Å². The molecule has 0 saturated heterocycles. The number of carbonyl (C=O) groups excluding carboxylic acids is 2. The molecule has 0 fully saturated rings. The minimum atomic E-state index is -4.62. The molecule has 0 aromatic heterocycles. The molecule has 0 heterocycles. The summed E-state index contributed by atoms with van der Waals surface area (Å²) in [5.41, 5.74) is 0. The first-order valence-corrected chi connectivity index (χ1v) is 22.3. The van der Waals surface area contributed by atoms with Crippen LogP contribution in [0.2, 0.25) is 0 Å². The van der Waals surface area contributed by atoms with E-state index < -0.39 is 51.8 Å². The summed E-state index contributed by atoms with van der Waals surface area (Å²) in [6, 6.07) is 0. The van der Waals surface area contributed by atoms with Gasteiger partial charge in [0, 0.05) is 12.8 Å². The van der Waals surface area contributed by atoms with Crippen LogP contribution >= 0.6 is 7.82 Å². The maximum atomic E-state index is 12.6. The van der Waals surface area contributed by atoms with Crippen LogP contribution in [-0.4, -0.2) is 65.7 Å². The van der Waals surface area contributed by atoms with Crippen molar-refractivity contribution in [2.75, 3.05) is 26.4 Å². The summed E-state index contributed by atoms with van der Waals surface area (Å²) in [5, 5.41) is 18.3. The van der Waals surface area contributed by atoms with Gasteiger partial charge in [-0.3, -0.25) is 18.6 Å². The van der Waals surface area contributed by atoms with E-state index in [1.54, 1.807) is 0 Å². The standard InChI is InChI=1S/C41H77O10P/c1-3-5-7-9-11-13-15-17-18-19-20-21-23-24-26-28-30-32-40(44)48-36-39(37-50-52(46,47)49-35-38(43)34-42)51-41(45)33-31-29-27-25-22-16-14-12-10-8-6-4-2/h20-21,24,26,38-39,42-43H,3-19,22-23,25,27-37H2,1-2H3,(H,46,47)/b21-20+,26-24+/t38-,39+/m1/s1. The van der Waals surface area contributed by atoms with Gasteiger partial charge in [-0.25, -0.2) is 4.57 Å². The molecule has 0 bridgehead atoms. The SMILES string of the molecule is CCCCCCCCCCC/C=C/C/C=C/CCCC(=O)OC[C@@H](COP(=O)(O)OC[C@H](O)CO)OC(=O)CCCCCCCCCCCCCC. The molecule has 0 aromatic rings. The summed E-state index contributed by atoms with van der Waals surface area (Å²) in [6.07, 6.45) is 35.8. The van der Waals surface area contributed by atoms with E-state index in [-0.39, 0.29) is 19.4 Å². The highest BCUT2D eigenvalue weighted by molar-refractivity contribution is 7.47. The van der Waals surface area contributed by atoms with Crippen LogP contribution in [0.4, 0.5) is 0 Å².